The molecule has 1 N–H and O–H groups in total. The van der Waals surface area contributed by atoms with Crippen LogP contribution in [0.2, 0.25) is 10.0 Å². The summed E-state index contributed by atoms with van der Waals surface area (Å²) in [7, 11) is -2.78. The Balaban J connectivity index is 2.07. The number of aryl methyl sites for hydroxylation is 1. The molecule has 12 heteroatoms. The van der Waals surface area contributed by atoms with Crippen molar-refractivity contribution in [2.45, 2.75) is 45.2 Å². The van der Waals surface area contributed by atoms with Crippen LogP contribution < -0.4 is 14.4 Å². The Bertz CT molecular complexity index is 1510. The summed E-state index contributed by atoms with van der Waals surface area (Å²) < 4.78 is 34.8. The van der Waals surface area contributed by atoms with Gasteiger partial charge in [-0.15, -0.1) is 0 Å². The average molecular weight is 699 g/mol. The van der Waals surface area contributed by atoms with E-state index in [1.807, 2.05) is 20.8 Å². The van der Waals surface area contributed by atoms with E-state index in [4.69, 9.17) is 27.9 Å². The Hall–Kier alpha value is -2.79. The number of methoxy groups -OCH3 is 1. The molecule has 8 nitrogen and oxygen atoms in total. The van der Waals surface area contributed by atoms with Gasteiger partial charge in [-0.25, -0.2) is 8.42 Å². The molecule has 0 saturated heterocycles. The second-order valence-electron chi connectivity index (χ2n) is 10.2. The van der Waals surface area contributed by atoms with E-state index >= 15 is 0 Å². The first-order valence-electron chi connectivity index (χ1n) is 13.2. The molecule has 2 amide bonds. The van der Waals surface area contributed by atoms with Crippen LogP contribution >= 0.6 is 39.1 Å². The van der Waals surface area contributed by atoms with Crippen molar-refractivity contribution in [3.63, 3.8) is 0 Å². The summed E-state index contributed by atoms with van der Waals surface area (Å²) in [6.45, 7) is 7.10. The first-order valence-corrected chi connectivity index (χ1v) is 16.2. The zero-order chi connectivity index (χ0) is 31.2. The molecule has 0 radical (unpaired) electrons. The Morgan fingerprint density at radius 1 is 1.00 bits per heavy atom. The highest BCUT2D eigenvalue weighted by atomic mass is 79.9. The predicted molar refractivity (Wildman–Crippen MR) is 171 cm³/mol. The molecule has 0 fully saturated rings. The minimum absolute atomic E-state index is 0.0491. The van der Waals surface area contributed by atoms with Crippen molar-refractivity contribution in [2.75, 3.05) is 24.5 Å². The second-order valence-corrected chi connectivity index (χ2v) is 13.7. The molecule has 42 heavy (non-hydrogen) atoms. The molecule has 0 aromatic heterocycles. The van der Waals surface area contributed by atoms with Gasteiger partial charge in [0.05, 0.1) is 22.2 Å². The molecule has 0 bridgehead atoms. The molecule has 3 aromatic carbocycles. The summed E-state index contributed by atoms with van der Waals surface area (Å²) >= 11 is 16.2. The van der Waals surface area contributed by atoms with Crippen LogP contribution in [-0.2, 0) is 26.2 Å². The van der Waals surface area contributed by atoms with Crippen LogP contribution in [0.15, 0.2) is 70.0 Å². The summed E-state index contributed by atoms with van der Waals surface area (Å²) in [5.41, 5.74) is 1.65. The summed E-state index contributed by atoms with van der Waals surface area (Å²) in [6.07, 6.45) is 0. The normalized spacial score (nSPS) is 12.1. The Labute approximate surface area is 266 Å². The highest BCUT2D eigenvalue weighted by molar-refractivity contribution is 9.10. The zero-order valence-corrected chi connectivity index (χ0v) is 27.9. The van der Waals surface area contributed by atoms with Crippen LogP contribution in [0.3, 0.4) is 0 Å². The fourth-order valence-electron chi connectivity index (χ4n) is 4.06. The lowest BCUT2D eigenvalue weighted by molar-refractivity contribution is -0.139. The monoisotopic (exact) mass is 697 g/mol. The number of amides is 2. The molecule has 0 saturated carbocycles. The molecule has 3 aromatic rings. The van der Waals surface area contributed by atoms with Crippen molar-refractivity contribution in [2.24, 2.45) is 5.92 Å². The maximum atomic E-state index is 14.1. The van der Waals surface area contributed by atoms with Crippen molar-refractivity contribution < 1.29 is 22.7 Å². The van der Waals surface area contributed by atoms with E-state index in [-0.39, 0.29) is 29.0 Å². The Morgan fingerprint density at radius 2 is 1.62 bits per heavy atom. The molecule has 0 heterocycles. The van der Waals surface area contributed by atoms with Gasteiger partial charge in [0.25, 0.3) is 10.0 Å². The number of hydrogen-bond donors (Lipinski definition) is 1. The third kappa shape index (κ3) is 8.18. The number of carbonyl (C=O) groups is 2. The lowest BCUT2D eigenvalue weighted by Crippen LogP contribution is -2.51. The Kier molecular flexibility index (Phi) is 11.7. The van der Waals surface area contributed by atoms with Crippen LogP contribution in [0.25, 0.3) is 0 Å². The number of halogens is 3. The average Bonchev–Trinajstić information content (AvgIpc) is 2.94. The second kappa shape index (κ2) is 14.6. The zero-order valence-electron chi connectivity index (χ0n) is 24.0. The molecule has 1 atom stereocenters. The van der Waals surface area contributed by atoms with Gasteiger partial charge in [0.15, 0.2) is 0 Å². The first kappa shape index (κ1) is 33.7. The topological polar surface area (TPSA) is 96.0 Å². The number of hydrogen-bond acceptors (Lipinski definition) is 5. The van der Waals surface area contributed by atoms with Gasteiger partial charge in [-0.3, -0.25) is 13.9 Å². The van der Waals surface area contributed by atoms with Crippen molar-refractivity contribution in [1.82, 2.24) is 10.2 Å². The largest absolute Gasteiger partial charge is 0.496 e. The van der Waals surface area contributed by atoms with Gasteiger partial charge in [-0.05, 0) is 78.2 Å². The molecule has 0 aliphatic rings. The van der Waals surface area contributed by atoms with E-state index in [1.54, 1.807) is 49.4 Å². The minimum atomic E-state index is -4.25. The molecule has 0 aliphatic carbocycles. The number of ether oxygens (including phenoxy) is 1. The predicted octanol–water partition coefficient (Wildman–Crippen LogP) is 6.46. The van der Waals surface area contributed by atoms with E-state index in [2.05, 4.69) is 21.2 Å². The van der Waals surface area contributed by atoms with E-state index in [0.717, 1.165) is 9.87 Å². The fourth-order valence-corrected chi connectivity index (χ4v) is 6.71. The molecule has 3 rings (SSSR count). The third-order valence-electron chi connectivity index (χ3n) is 6.55. The van der Waals surface area contributed by atoms with Crippen LogP contribution in [0.1, 0.15) is 31.9 Å². The van der Waals surface area contributed by atoms with Gasteiger partial charge >= 0.3 is 0 Å². The summed E-state index contributed by atoms with van der Waals surface area (Å²) in [5, 5.41) is 3.49. The first-order chi connectivity index (χ1) is 19.8. The van der Waals surface area contributed by atoms with Crippen LogP contribution in [0, 0.1) is 12.8 Å². The molecule has 0 spiro atoms. The molecule has 0 aliphatic heterocycles. The molecular formula is C30H34BrCl2N3O5S. The number of benzene rings is 3. The quantitative estimate of drug-likeness (QED) is 0.234. The number of nitrogens with zero attached hydrogens (tertiary/aromatic N) is 2. The van der Waals surface area contributed by atoms with Gasteiger partial charge < -0.3 is 15.0 Å². The van der Waals surface area contributed by atoms with Crippen molar-refractivity contribution in [3.8, 4) is 5.75 Å². The standard InChI is InChI=1S/C30H34BrCl2N3O5S/c1-19(2)16-34-30(38)21(4)35(17-24-26(32)7-6-8-27(24)33)29(37)18-36(22-11-9-20(3)10-12-22)42(39,40)23-13-14-28(41-5)25(31)15-23/h6-15,19,21H,16-18H2,1-5H3,(H,34,38)/t21-/m0/s1. The maximum Gasteiger partial charge on any atom is 0.264 e. The number of anilines is 1. The van der Waals surface area contributed by atoms with E-state index < -0.39 is 28.5 Å². The summed E-state index contributed by atoms with van der Waals surface area (Å²) in [6, 6.07) is 15.1. The Morgan fingerprint density at radius 3 is 2.17 bits per heavy atom. The van der Waals surface area contributed by atoms with Crippen LogP contribution in [0.5, 0.6) is 5.75 Å². The lowest BCUT2D eigenvalue weighted by Gasteiger charge is -2.32. The lowest BCUT2D eigenvalue weighted by atomic mass is 10.1. The van der Waals surface area contributed by atoms with E-state index in [0.29, 0.717) is 32.4 Å². The summed E-state index contributed by atoms with van der Waals surface area (Å²) in [5.74, 6) is -0.357. The highest BCUT2D eigenvalue weighted by Crippen LogP contribution is 2.32. The van der Waals surface area contributed by atoms with Gasteiger partial charge in [-0.1, -0.05) is 60.8 Å². The van der Waals surface area contributed by atoms with Gasteiger partial charge in [0.1, 0.15) is 18.3 Å². The molecule has 0 unspecified atom stereocenters. The number of rotatable bonds is 12. The van der Waals surface area contributed by atoms with E-state index in [1.165, 1.54) is 30.2 Å². The highest BCUT2D eigenvalue weighted by Gasteiger charge is 2.33. The third-order valence-corrected chi connectivity index (χ3v) is 9.65. The minimum Gasteiger partial charge on any atom is -0.496 e. The van der Waals surface area contributed by atoms with Gasteiger partial charge in [0.2, 0.25) is 11.8 Å². The van der Waals surface area contributed by atoms with Crippen molar-refractivity contribution in [1.29, 1.82) is 0 Å². The van der Waals surface area contributed by atoms with E-state index in [9.17, 15) is 18.0 Å². The summed E-state index contributed by atoms with van der Waals surface area (Å²) in [4.78, 5) is 28.5. The number of sulfonamides is 1. The van der Waals surface area contributed by atoms with Crippen molar-refractivity contribution >= 4 is 66.7 Å². The van der Waals surface area contributed by atoms with Gasteiger partial charge in [-0.2, -0.15) is 0 Å². The maximum absolute atomic E-state index is 14.1. The van der Waals surface area contributed by atoms with Crippen molar-refractivity contribution in [3.05, 3.63) is 86.3 Å². The molecular weight excluding hydrogens is 665 g/mol. The number of nitrogens with one attached hydrogen (secondary N) is 1. The SMILES string of the molecule is COc1ccc(S(=O)(=O)N(CC(=O)N(Cc2c(Cl)cccc2Cl)[C@@H](C)C(=O)NCC(C)C)c2ccc(C)cc2)cc1Br. The van der Waals surface area contributed by atoms with Gasteiger partial charge in [0, 0.05) is 28.7 Å². The van der Waals surface area contributed by atoms with Crippen LogP contribution in [0.4, 0.5) is 5.69 Å². The fraction of sp³-hybridized carbons (Fsp3) is 0.333. The van der Waals surface area contributed by atoms with Crippen LogP contribution in [-0.4, -0.2) is 51.4 Å². The molecule has 226 valence electrons. The number of carbonyl (C=O) groups excluding carboxylic acids is 2. The smallest absolute Gasteiger partial charge is 0.264 e.